The van der Waals surface area contributed by atoms with Gasteiger partial charge in [0.1, 0.15) is 0 Å². The Hall–Kier alpha value is -1.31. The molecule has 2 heteroatoms. The van der Waals surface area contributed by atoms with Crippen LogP contribution >= 0.6 is 0 Å². The summed E-state index contributed by atoms with van der Waals surface area (Å²) in [5, 5.41) is 2.93. The van der Waals surface area contributed by atoms with Gasteiger partial charge in [-0.25, -0.2) is 0 Å². The van der Waals surface area contributed by atoms with Crippen LogP contribution in [0.4, 0.5) is 0 Å². The van der Waals surface area contributed by atoms with E-state index in [2.05, 4.69) is 36.5 Å². The van der Waals surface area contributed by atoms with Crippen molar-refractivity contribution in [3.63, 3.8) is 0 Å². The number of nitrogens with one attached hydrogen (secondary N) is 1. The number of benzene rings is 1. The monoisotopic (exact) mass is 203 g/mol. The van der Waals surface area contributed by atoms with Gasteiger partial charge in [0.05, 0.1) is 0 Å². The van der Waals surface area contributed by atoms with Gasteiger partial charge in [0.2, 0.25) is 5.91 Å². The van der Waals surface area contributed by atoms with Gasteiger partial charge in [0, 0.05) is 13.0 Å². The van der Waals surface area contributed by atoms with Crippen molar-refractivity contribution in [1.29, 1.82) is 0 Å². The summed E-state index contributed by atoms with van der Waals surface area (Å²) in [5.74, 6) is 0.189. The smallest absolute Gasteiger partial charge is 0.220 e. The lowest BCUT2D eigenvalue weighted by atomic mass is 9.76. The summed E-state index contributed by atoms with van der Waals surface area (Å²) in [6.45, 7) is 3.05. The molecule has 1 atom stereocenters. The molecule has 1 aromatic rings. The van der Waals surface area contributed by atoms with Crippen molar-refractivity contribution in [2.24, 2.45) is 0 Å². The van der Waals surface area contributed by atoms with Crippen LogP contribution in [0.15, 0.2) is 30.3 Å². The van der Waals surface area contributed by atoms with Crippen molar-refractivity contribution < 1.29 is 4.79 Å². The Bertz CT molecular complexity index is 347. The van der Waals surface area contributed by atoms with Crippen molar-refractivity contribution in [3.05, 3.63) is 35.9 Å². The van der Waals surface area contributed by atoms with Gasteiger partial charge in [-0.3, -0.25) is 4.79 Å². The molecule has 1 heterocycles. The molecule has 1 amide bonds. The number of carbonyl (C=O) groups is 1. The minimum atomic E-state index is 0.153. The third-order valence-electron chi connectivity index (χ3n) is 3.37. The van der Waals surface area contributed by atoms with E-state index in [1.165, 1.54) is 5.56 Å². The van der Waals surface area contributed by atoms with E-state index in [0.29, 0.717) is 6.42 Å². The summed E-state index contributed by atoms with van der Waals surface area (Å²) >= 11 is 0. The highest BCUT2D eigenvalue weighted by atomic mass is 16.1. The minimum absolute atomic E-state index is 0.153. The molecule has 80 valence electrons. The number of carbonyl (C=O) groups excluding carboxylic acids is 1. The average Bonchev–Trinajstić information content (AvgIpc) is 2.44. The lowest BCUT2D eigenvalue weighted by molar-refractivity contribution is -0.120. The number of rotatable bonds is 1. The van der Waals surface area contributed by atoms with Crippen molar-refractivity contribution in [1.82, 2.24) is 5.32 Å². The summed E-state index contributed by atoms with van der Waals surface area (Å²) in [5.41, 5.74) is 1.50. The SMILES string of the molecule is C[C@]1(c2ccccc2)CCNC(=O)CC1. The maximum atomic E-state index is 11.3. The highest BCUT2D eigenvalue weighted by Gasteiger charge is 2.29. The molecule has 0 unspecified atom stereocenters. The van der Waals surface area contributed by atoms with Gasteiger partial charge in [-0.1, -0.05) is 37.3 Å². The molecule has 0 bridgehead atoms. The molecular formula is C13H17NO. The Labute approximate surface area is 90.7 Å². The predicted octanol–water partition coefficient (Wildman–Crippen LogP) is 2.24. The summed E-state index contributed by atoms with van der Waals surface area (Å²) in [6, 6.07) is 10.5. The Balaban J connectivity index is 2.22. The lowest BCUT2D eigenvalue weighted by Gasteiger charge is -2.27. The summed E-state index contributed by atoms with van der Waals surface area (Å²) in [4.78, 5) is 11.3. The van der Waals surface area contributed by atoms with E-state index in [1.54, 1.807) is 0 Å². The van der Waals surface area contributed by atoms with Crippen LogP contribution in [0.3, 0.4) is 0 Å². The van der Waals surface area contributed by atoms with Crippen LogP contribution in [0.25, 0.3) is 0 Å². The largest absolute Gasteiger partial charge is 0.356 e. The van der Waals surface area contributed by atoms with E-state index in [4.69, 9.17) is 0 Å². The van der Waals surface area contributed by atoms with E-state index in [-0.39, 0.29) is 11.3 Å². The van der Waals surface area contributed by atoms with E-state index in [9.17, 15) is 4.79 Å². The van der Waals surface area contributed by atoms with Crippen LogP contribution in [0.5, 0.6) is 0 Å². The first-order valence-corrected chi connectivity index (χ1v) is 5.53. The van der Waals surface area contributed by atoms with E-state index < -0.39 is 0 Å². The molecule has 1 fully saturated rings. The summed E-state index contributed by atoms with van der Waals surface area (Å²) in [6.07, 6.45) is 2.62. The van der Waals surface area contributed by atoms with Crippen molar-refractivity contribution in [2.45, 2.75) is 31.6 Å². The predicted molar refractivity (Wildman–Crippen MR) is 60.7 cm³/mol. The molecule has 0 saturated carbocycles. The molecule has 0 spiro atoms. The van der Waals surface area contributed by atoms with Gasteiger partial charge in [0.15, 0.2) is 0 Å². The summed E-state index contributed by atoms with van der Waals surface area (Å²) < 4.78 is 0. The zero-order chi connectivity index (χ0) is 10.7. The van der Waals surface area contributed by atoms with Gasteiger partial charge < -0.3 is 5.32 Å². The quantitative estimate of drug-likeness (QED) is 0.745. The van der Waals surface area contributed by atoms with Crippen LogP contribution in [0.1, 0.15) is 31.7 Å². The van der Waals surface area contributed by atoms with Gasteiger partial charge in [-0.05, 0) is 23.8 Å². The van der Waals surface area contributed by atoms with Gasteiger partial charge in [-0.15, -0.1) is 0 Å². The topological polar surface area (TPSA) is 29.1 Å². The van der Waals surface area contributed by atoms with Crippen LogP contribution in [-0.4, -0.2) is 12.5 Å². The lowest BCUT2D eigenvalue weighted by Crippen LogP contribution is -2.24. The van der Waals surface area contributed by atoms with E-state index in [0.717, 1.165) is 19.4 Å². The molecule has 0 aromatic heterocycles. The van der Waals surface area contributed by atoms with Crippen LogP contribution in [0, 0.1) is 0 Å². The Morgan fingerprint density at radius 2 is 1.93 bits per heavy atom. The normalized spacial score (nSPS) is 26.9. The second-order valence-electron chi connectivity index (χ2n) is 4.53. The summed E-state index contributed by atoms with van der Waals surface area (Å²) in [7, 11) is 0. The first-order valence-electron chi connectivity index (χ1n) is 5.53. The molecule has 1 aliphatic heterocycles. The molecule has 2 nitrogen and oxygen atoms in total. The maximum absolute atomic E-state index is 11.3. The van der Waals surface area contributed by atoms with Gasteiger partial charge in [-0.2, -0.15) is 0 Å². The van der Waals surface area contributed by atoms with Crippen LogP contribution < -0.4 is 5.32 Å². The fourth-order valence-corrected chi connectivity index (χ4v) is 2.21. The maximum Gasteiger partial charge on any atom is 0.220 e. The molecule has 1 aliphatic rings. The molecule has 0 aliphatic carbocycles. The molecule has 15 heavy (non-hydrogen) atoms. The molecule has 2 rings (SSSR count). The fourth-order valence-electron chi connectivity index (χ4n) is 2.21. The zero-order valence-corrected chi connectivity index (χ0v) is 9.12. The molecule has 1 N–H and O–H groups in total. The second-order valence-corrected chi connectivity index (χ2v) is 4.53. The van der Waals surface area contributed by atoms with Gasteiger partial charge in [0.25, 0.3) is 0 Å². The van der Waals surface area contributed by atoms with Crippen LogP contribution in [0.2, 0.25) is 0 Å². The molecule has 1 aromatic carbocycles. The Kier molecular flexibility index (Phi) is 2.76. The number of hydrogen-bond donors (Lipinski definition) is 1. The van der Waals surface area contributed by atoms with E-state index in [1.807, 2.05) is 6.07 Å². The third kappa shape index (κ3) is 2.20. The average molecular weight is 203 g/mol. The van der Waals surface area contributed by atoms with E-state index >= 15 is 0 Å². The van der Waals surface area contributed by atoms with Crippen LogP contribution in [-0.2, 0) is 10.2 Å². The second kappa shape index (κ2) is 4.05. The Morgan fingerprint density at radius 1 is 1.20 bits per heavy atom. The van der Waals surface area contributed by atoms with Crippen molar-refractivity contribution in [2.75, 3.05) is 6.54 Å². The highest BCUT2D eigenvalue weighted by Crippen LogP contribution is 2.33. The van der Waals surface area contributed by atoms with Crippen molar-refractivity contribution in [3.8, 4) is 0 Å². The highest BCUT2D eigenvalue weighted by molar-refractivity contribution is 5.76. The minimum Gasteiger partial charge on any atom is -0.356 e. The van der Waals surface area contributed by atoms with Gasteiger partial charge >= 0.3 is 0 Å². The Morgan fingerprint density at radius 3 is 2.67 bits per heavy atom. The number of hydrogen-bond acceptors (Lipinski definition) is 1. The molecule has 0 radical (unpaired) electrons. The zero-order valence-electron chi connectivity index (χ0n) is 9.12. The molecule has 1 saturated heterocycles. The molecular weight excluding hydrogens is 186 g/mol. The number of amides is 1. The standard InChI is InChI=1S/C13H17NO/c1-13(11-5-3-2-4-6-11)8-7-12(15)14-10-9-13/h2-6H,7-10H2,1H3,(H,14,15)/t13-/m1/s1. The first kappa shape index (κ1) is 10.2. The van der Waals surface area contributed by atoms with Crippen molar-refractivity contribution >= 4 is 5.91 Å². The first-order chi connectivity index (χ1) is 7.21. The third-order valence-corrected chi connectivity index (χ3v) is 3.37. The fraction of sp³-hybridized carbons (Fsp3) is 0.462.